The topological polar surface area (TPSA) is 221 Å². The molecule has 2 saturated heterocycles. The number of nitrogens with zero attached hydrogens (tertiary/aromatic N) is 2. The lowest BCUT2D eigenvalue weighted by Crippen LogP contribution is -2.51. The normalized spacial score (nSPS) is 18.3. The predicted molar refractivity (Wildman–Crippen MR) is 133 cm³/mol. The number of H-pyrrole nitrogens is 2. The maximum Gasteiger partial charge on any atom is 0.336 e. The lowest BCUT2D eigenvalue weighted by Gasteiger charge is -2.39. The van der Waals surface area contributed by atoms with Gasteiger partial charge in [0, 0.05) is 30.4 Å². The second-order valence-corrected chi connectivity index (χ2v) is 9.76. The third-order valence-corrected chi connectivity index (χ3v) is 6.73. The fourth-order valence-corrected chi connectivity index (χ4v) is 4.76. The van der Waals surface area contributed by atoms with Gasteiger partial charge in [-0.15, -0.1) is 0 Å². The maximum atomic E-state index is 12.9. The monoisotopic (exact) mass is 540 g/mol. The van der Waals surface area contributed by atoms with Crippen molar-refractivity contribution >= 4 is 23.8 Å². The van der Waals surface area contributed by atoms with Crippen LogP contribution in [0.25, 0.3) is 0 Å². The highest BCUT2D eigenvalue weighted by Crippen LogP contribution is 2.21. The van der Waals surface area contributed by atoms with Crippen molar-refractivity contribution in [1.82, 2.24) is 19.8 Å². The predicted octanol–water partition coefficient (Wildman–Crippen LogP) is -0.467. The van der Waals surface area contributed by atoms with E-state index in [-0.39, 0.29) is 18.4 Å². The molecule has 14 heteroatoms. The number of carboxylic acids is 3. The highest BCUT2D eigenvalue weighted by Gasteiger charge is 2.40. The van der Waals surface area contributed by atoms with Crippen LogP contribution in [0.2, 0.25) is 0 Å². The van der Waals surface area contributed by atoms with Gasteiger partial charge < -0.3 is 35.2 Å². The molecule has 1 unspecified atom stereocenters. The van der Waals surface area contributed by atoms with Gasteiger partial charge in [-0.2, -0.15) is 0 Å². The van der Waals surface area contributed by atoms with Crippen LogP contribution < -0.4 is 11.2 Å². The van der Waals surface area contributed by atoms with Gasteiger partial charge in [-0.25, -0.2) is 9.59 Å². The molecule has 1 amide bonds. The van der Waals surface area contributed by atoms with Gasteiger partial charge in [0.05, 0.1) is 19.3 Å². The molecule has 212 valence electrons. The van der Waals surface area contributed by atoms with Crippen molar-refractivity contribution in [1.29, 1.82) is 0 Å². The van der Waals surface area contributed by atoms with Gasteiger partial charge in [-0.1, -0.05) is 6.42 Å². The molecule has 2 fully saturated rings. The van der Waals surface area contributed by atoms with Gasteiger partial charge in [0.15, 0.2) is 5.60 Å². The summed E-state index contributed by atoms with van der Waals surface area (Å²) in [5.41, 5.74) is -2.88. The molecule has 1 atom stereocenters. The SMILES string of the molecule is Cc1[nH]c(=O)[nH]c(=O)c1CC(=O)N1CCCCC1CN1CCCCC1.O=C(O)CC(O)(CC(=O)O)C(=O)O. The molecule has 1 aromatic heterocycles. The lowest BCUT2D eigenvalue weighted by atomic mass is 9.96. The van der Waals surface area contributed by atoms with Gasteiger partial charge >= 0.3 is 23.6 Å². The summed E-state index contributed by atoms with van der Waals surface area (Å²) >= 11 is 0. The molecule has 0 spiro atoms. The van der Waals surface area contributed by atoms with E-state index in [1.54, 1.807) is 6.92 Å². The standard InChI is InChI=1S/C18H28N4O3.C6H8O7/c1-13-15(17(24)20-18(25)19-13)11-16(23)22-10-6-3-7-14(22)12-21-8-4-2-5-9-21;7-3(8)1-6(13,5(11)12)2-4(9)10/h14H,2-12H2,1H3,(H2,19,20,24,25);13H,1-2H2,(H,7,8)(H,9,10)(H,11,12). The van der Waals surface area contributed by atoms with Crippen LogP contribution >= 0.6 is 0 Å². The van der Waals surface area contributed by atoms with Gasteiger partial charge in [0.25, 0.3) is 5.56 Å². The number of carbonyl (C=O) groups is 4. The minimum Gasteiger partial charge on any atom is -0.481 e. The number of nitrogens with one attached hydrogen (secondary N) is 2. The van der Waals surface area contributed by atoms with Crippen LogP contribution in [0.4, 0.5) is 0 Å². The number of aryl methyl sites for hydroxylation is 1. The summed E-state index contributed by atoms with van der Waals surface area (Å²) in [5, 5.41) is 33.8. The van der Waals surface area contributed by atoms with Crippen molar-refractivity contribution in [3.05, 3.63) is 32.1 Å². The first-order valence-electron chi connectivity index (χ1n) is 12.6. The molecule has 0 radical (unpaired) electrons. The number of hydrogen-bond acceptors (Lipinski definition) is 8. The molecule has 6 N–H and O–H groups in total. The van der Waals surface area contributed by atoms with Crippen LogP contribution in [0.15, 0.2) is 9.59 Å². The number of aromatic amines is 2. The third kappa shape index (κ3) is 9.10. The van der Waals surface area contributed by atoms with Crippen LogP contribution in [0.5, 0.6) is 0 Å². The van der Waals surface area contributed by atoms with Crippen LogP contribution in [-0.2, 0) is 25.6 Å². The Morgan fingerprint density at radius 1 is 0.895 bits per heavy atom. The Labute approximate surface area is 218 Å². The van der Waals surface area contributed by atoms with Crippen LogP contribution in [0.1, 0.15) is 62.6 Å². The number of likely N-dealkylation sites (tertiary alicyclic amines) is 2. The van der Waals surface area contributed by atoms with Crippen molar-refractivity contribution in [3.63, 3.8) is 0 Å². The second kappa shape index (κ2) is 13.9. The molecule has 0 aromatic carbocycles. The van der Waals surface area contributed by atoms with E-state index < -0.39 is 47.6 Å². The summed E-state index contributed by atoms with van der Waals surface area (Å²) < 4.78 is 0. The van der Waals surface area contributed by atoms with Crippen LogP contribution in [0, 0.1) is 6.92 Å². The van der Waals surface area contributed by atoms with E-state index in [1.807, 2.05) is 4.90 Å². The number of amides is 1. The summed E-state index contributed by atoms with van der Waals surface area (Å²) in [5.74, 6) is -5.03. The van der Waals surface area contributed by atoms with Crippen molar-refractivity contribution in [3.8, 4) is 0 Å². The number of aliphatic carboxylic acids is 3. The van der Waals surface area contributed by atoms with Crippen molar-refractivity contribution in [2.45, 2.75) is 76.4 Å². The fourth-order valence-electron chi connectivity index (χ4n) is 4.76. The van der Waals surface area contributed by atoms with Crippen LogP contribution in [0.3, 0.4) is 0 Å². The molecular weight excluding hydrogens is 504 g/mol. The zero-order chi connectivity index (χ0) is 28.5. The molecule has 1 aromatic rings. The summed E-state index contributed by atoms with van der Waals surface area (Å²) in [6, 6.07) is 0.237. The average molecular weight is 541 g/mol. The average Bonchev–Trinajstić information content (AvgIpc) is 2.81. The Balaban J connectivity index is 0.000000332. The molecule has 2 aliphatic rings. The minimum atomic E-state index is -2.74. The van der Waals surface area contributed by atoms with E-state index in [2.05, 4.69) is 14.9 Å². The van der Waals surface area contributed by atoms with Gasteiger partial charge in [-0.3, -0.25) is 24.2 Å². The van der Waals surface area contributed by atoms with E-state index in [0.29, 0.717) is 11.3 Å². The fraction of sp³-hybridized carbons (Fsp3) is 0.667. The summed E-state index contributed by atoms with van der Waals surface area (Å²) in [6.07, 6.45) is 4.75. The van der Waals surface area contributed by atoms with E-state index in [0.717, 1.165) is 45.4 Å². The number of aliphatic hydroxyl groups is 1. The van der Waals surface area contributed by atoms with Crippen molar-refractivity contribution in [2.75, 3.05) is 26.2 Å². The van der Waals surface area contributed by atoms with Crippen LogP contribution in [-0.4, -0.2) is 102 Å². The van der Waals surface area contributed by atoms with Gasteiger partial charge in [-0.05, 0) is 52.1 Å². The summed E-state index contributed by atoms with van der Waals surface area (Å²) in [6.45, 7) is 5.61. The Kier molecular flexibility index (Phi) is 11.2. The lowest BCUT2D eigenvalue weighted by molar-refractivity contribution is -0.170. The Morgan fingerprint density at radius 2 is 1.47 bits per heavy atom. The highest BCUT2D eigenvalue weighted by atomic mass is 16.4. The quantitative estimate of drug-likeness (QED) is 0.235. The zero-order valence-electron chi connectivity index (χ0n) is 21.4. The van der Waals surface area contributed by atoms with E-state index in [9.17, 15) is 28.8 Å². The van der Waals surface area contributed by atoms with E-state index >= 15 is 0 Å². The Hall–Kier alpha value is -3.52. The molecule has 3 rings (SSSR count). The number of carboxylic acid groups (broad SMARTS) is 3. The van der Waals surface area contributed by atoms with E-state index in [1.165, 1.54) is 19.3 Å². The van der Waals surface area contributed by atoms with E-state index in [4.69, 9.17) is 20.4 Å². The molecule has 2 aliphatic heterocycles. The highest BCUT2D eigenvalue weighted by molar-refractivity contribution is 5.88. The third-order valence-electron chi connectivity index (χ3n) is 6.73. The number of aromatic nitrogens is 2. The zero-order valence-corrected chi connectivity index (χ0v) is 21.4. The minimum absolute atomic E-state index is 0.0117. The first kappa shape index (κ1) is 30.7. The number of hydrogen-bond donors (Lipinski definition) is 6. The van der Waals surface area contributed by atoms with Crippen molar-refractivity contribution in [2.24, 2.45) is 0 Å². The molecule has 0 aliphatic carbocycles. The maximum absolute atomic E-state index is 12.9. The number of rotatable bonds is 9. The largest absolute Gasteiger partial charge is 0.481 e. The molecule has 38 heavy (non-hydrogen) atoms. The Morgan fingerprint density at radius 3 is 2.00 bits per heavy atom. The Bertz CT molecular complexity index is 1110. The summed E-state index contributed by atoms with van der Waals surface area (Å²) in [4.78, 5) is 75.9. The summed E-state index contributed by atoms with van der Waals surface area (Å²) in [7, 11) is 0. The molecule has 0 saturated carbocycles. The first-order valence-corrected chi connectivity index (χ1v) is 12.6. The first-order chi connectivity index (χ1) is 17.8. The van der Waals surface area contributed by atoms with Gasteiger partial charge in [0.1, 0.15) is 0 Å². The number of carbonyl (C=O) groups excluding carboxylic acids is 1. The molecule has 14 nitrogen and oxygen atoms in total. The molecular formula is C24H36N4O10. The number of piperidine rings is 2. The molecule has 0 bridgehead atoms. The van der Waals surface area contributed by atoms with Gasteiger partial charge in [0.2, 0.25) is 5.91 Å². The second-order valence-electron chi connectivity index (χ2n) is 9.76. The molecule has 3 heterocycles. The van der Waals surface area contributed by atoms with Crippen molar-refractivity contribution < 1.29 is 39.6 Å². The smallest absolute Gasteiger partial charge is 0.336 e.